The molecule has 0 aliphatic carbocycles. The molecule has 0 spiro atoms. The van der Waals surface area contributed by atoms with Gasteiger partial charge >= 0.3 is 5.97 Å². The molecule has 0 fully saturated rings. The smallest absolute Gasteiger partial charge is 0.347 e. The van der Waals surface area contributed by atoms with E-state index < -0.39 is 11.6 Å². The summed E-state index contributed by atoms with van der Waals surface area (Å²) >= 11 is 6.00. The number of aryl methyl sites for hydroxylation is 2. The molecule has 7 heteroatoms. The van der Waals surface area contributed by atoms with Gasteiger partial charge in [-0.1, -0.05) is 23.7 Å². The number of rotatable bonds is 9. The fourth-order valence-electron chi connectivity index (χ4n) is 2.72. The summed E-state index contributed by atoms with van der Waals surface area (Å²) in [4.78, 5) is 23.1. The maximum absolute atomic E-state index is 12.0. The van der Waals surface area contributed by atoms with Gasteiger partial charge in [0.2, 0.25) is 0 Å². The lowest BCUT2D eigenvalue weighted by Crippen LogP contribution is -2.37. The molecule has 29 heavy (non-hydrogen) atoms. The number of ether oxygens (including phenoxy) is 2. The summed E-state index contributed by atoms with van der Waals surface area (Å²) in [6.07, 6.45) is 0.632. The molecular formula is C22H26ClNO5. The van der Waals surface area contributed by atoms with E-state index in [9.17, 15) is 9.59 Å². The fraction of sp³-hybridized carbons (Fsp3) is 0.364. The zero-order chi connectivity index (χ0) is 21.6. The Morgan fingerprint density at radius 2 is 1.69 bits per heavy atom. The molecule has 0 saturated heterocycles. The minimum absolute atomic E-state index is 0.0691. The molecule has 0 saturated carbocycles. The lowest BCUT2D eigenvalue weighted by Gasteiger charge is -2.21. The summed E-state index contributed by atoms with van der Waals surface area (Å²) in [5.41, 5.74) is 1.47. The zero-order valence-electron chi connectivity index (χ0n) is 17.0. The van der Waals surface area contributed by atoms with Crippen molar-refractivity contribution in [2.75, 3.05) is 13.2 Å². The molecule has 2 rings (SSSR count). The van der Waals surface area contributed by atoms with E-state index in [-0.39, 0.29) is 12.5 Å². The number of carbonyl (C=O) groups excluding carboxylic acids is 1. The maximum Gasteiger partial charge on any atom is 0.347 e. The molecule has 1 amide bonds. The van der Waals surface area contributed by atoms with Crippen molar-refractivity contribution in [1.82, 2.24) is 5.32 Å². The second-order valence-corrected chi connectivity index (χ2v) is 7.76. The van der Waals surface area contributed by atoms with E-state index in [1.165, 1.54) is 13.8 Å². The number of benzene rings is 2. The van der Waals surface area contributed by atoms with E-state index in [2.05, 4.69) is 5.32 Å². The van der Waals surface area contributed by atoms with Gasteiger partial charge in [-0.3, -0.25) is 4.79 Å². The lowest BCUT2D eigenvalue weighted by atomic mass is 10.1. The minimum Gasteiger partial charge on any atom is -0.483 e. The predicted octanol–water partition coefficient (Wildman–Crippen LogP) is 3.94. The number of halogens is 1. The lowest BCUT2D eigenvalue weighted by molar-refractivity contribution is -0.152. The van der Waals surface area contributed by atoms with Crippen LogP contribution in [0, 0.1) is 13.8 Å². The van der Waals surface area contributed by atoms with Crippen molar-refractivity contribution >= 4 is 23.5 Å². The van der Waals surface area contributed by atoms with Crippen LogP contribution in [0.3, 0.4) is 0 Å². The molecule has 0 atom stereocenters. The first-order valence-electron chi connectivity index (χ1n) is 9.26. The summed E-state index contributed by atoms with van der Waals surface area (Å²) in [5.74, 6) is -0.0888. The van der Waals surface area contributed by atoms with E-state index in [0.717, 1.165) is 16.7 Å². The van der Waals surface area contributed by atoms with Crippen molar-refractivity contribution in [2.24, 2.45) is 0 Å². The number of aliphatic carboxylic acids is 1. The fourth-order valence-corrected chi connectivity index (χ4v) is 3.05. The van der Waals surface area contributed by atoms with Gasteiger partial charge in [-0.05, 0) is 75.1 Å². The molecule has 0 aliphatic rings. The largest absolute Gasteiger partial charge is 0.483 e. The van der Waals surface area contributed by atoms with Crippen LogP contribution in [-0.4, -0.2) is 35.7 Å². The van der Waals surface area contributed by atoms with E-state index in [4.69, 9.17) is 26.2 Å². The topological polar surface area (TPSA) is 84.9 Å². The monoisotopic (exact) mass is 419 g/mol. The number of carboxylic acid groups (broad SMARTS) is 1. The van der Waals surface area contributed by atoms with Crippen molar-refractivity contribution in [3.8, 4) is 11.5 Å². The molecule has 0 bridgehead atoms. The number of amides is 1. The van der Waals surface area contributed by atoms with E-state index in [1.54, 1.807) is 24.3 Å². The van der Waals surface area contributed by atoms with Gasteiger partial charge in [0.25, 0.3) is 5.91 Å². The molecule has 2 aromatic carbocycles. The van der Waals surface area contributed by atoms with Crippen LogP contribution < -0.4 is 14.8 Å². The third-order valence-electron chi connectivity index (χ3n) is 4.32. The van der Waals surface area contributed by atoms with Gasteiger partial charge in [0.15, 0.2) is 12.2 Å². The Morgan fingerprint density at radius 1 is 1.10 bits per heavy atom. The van der Waals surface area contributed by atoms with E-state index in [0.29, 0.717) is 29.5 Å². The first-order chi connectivity index (χ1) is 13.6. The minimum atomic E-state index is -1.30. The van der Waals surface area contributed by atoms with Crippen LogP contribution in [0.15, 0.2) is 36.4 Å². The number of nitrogens with one attached hydrogen (secondary N) is 1. The van der Waals surface area contributed by atoms with E-state index >= 15 is 0 Å². The second kappa shape index (κ2) is 9.65. The van der Waals surface area contributed by atoms with Crippen molar-refractivity contribution in [2.45, 2.75) is 39.7 Å². The molecule has 156 valence electrons. The van der Waals surface area contributed by atoms with Crippen molar-refractivity contribution in [3.63, 3.8) is 0 Å². The summed E-state index contributed by atoms with van der Waals surface area (Å²) in [7, 11) is 0. The highest BCUT2D eigenvalue weighted by Crippen LogP contribution is 2.27. The van der Waals surface area contributed by atoms with Crippen molar-refractivity contribution in [3.05, 3.63) is 58.1 Å². The SMILES string of the molecule is Cc1cc(Cl)cc(C)c1OCC(=O)NCCc1ccc(OC(C)(C)C(=O)O)cc1. The van der Waals surface area contributed by atoms with Gasteiger partial charge in [-0.2, -0.15) is 0 Å². The number of hydrogen-bond acceptors (Lipinski definition) is 4. The molecule has 0 radical (unpaired) electrons. The van der Waals surface area contributed by atoms with Crippen molar-refractivity contribution < 1.29 is 24.2 Å². The molecule has 0 heterocycles. The molecule has 0 unspecified atom stereocenters. The molecule has 2 N–H and O–H groups in total. The number of hydrogen-bond donors (Lipinski definition) is 2. The summed E-state index contributed by atoms with van der Waals surface area (Å²) in [5, 5.41) is 12.6. The third-order valence-corrected chi connectivity index (χ3v) is 4.54. The molecule has 6 nitrogen and oxygen atoms in total. The van der Waals surface area contributed by atoms with Crippen LogP contribution in [0.2, 0.25) is 5.02 Å². The predicted molar refractivity (Wildman–Crippen MR) is 112 cm³/mol. The van der Waals surface area contributed by atoms with Crippen LogP contribution in [0.4, 0.5) is 0 Å². The second-order valence-electron chi connectivity index (χ2n) is 7.32. The van der Waals surface area contributed by atoms with Crippen LogP contribution in [0.25, 0.3) is 0 Å². The number of carbonyl (C=O) groups is 2. The quantitative estimate of drug-likeness (QED) is 0.643. The van der Waals surface area contributed by atoms with E-state index in [1.807, 2.05) is 26.0 Å². The maximum atomic E-state index is 12.0. The highest BCUT2D eigenvalue weighted by molar-refractivity contribution is 6.30. The normalized spacial score (nSPS) is 11.1. The first kappa shape index (κ1) is 22.6. The Labute approximate surface area is 175 Å². The Balaban J connectivity index is 1.78. The molecule has 0 aromatic heterocycles. The first-order valence-corrected chi connectivity index (χ1v) is 9.64. The Bertz CT molecular complexity index is 854. The Hall–Kier alpha value is -2.73. The Morgan fingerprint density at radius 3 is 2.24 bits per heavy atom. The summed E-state index contributed by atoms with van der Waals surface area (Å²) in [6, 6.07) is 10.7. The molecular weight excluding hydrogens is 394 g/mol. The standard InChI is InChI=1S/C22H26ClNO5/c1-14-11-17(23)12-15(2)20(14)28-13-19(25)24-10-9-16-5-7-18(8-6-16)29-22(3,4)21(26)27/h5-8,11-12H,9-10,13H2,1-4H3,(H,24,25)(H,26,27). The van der Waals surface area contributed by atoms with Gasteiger partial charge in [-0.25, -0.2) is 4.79 Å². The third kappa shape index (κ3) is 6.68. The van der Waals surface area contributed by atoms with Gasteiger partial charge in [0.1, 0.15) is 11.5 Å². The van der Waals surface area contributed by atoms with Gasteiger partial charge < -0.3 is 19.9 Å². The molecule has 2 aromatic rings. The molecule has 0 aliphatic heterocycles. The van der Waals surface area contributed by atoms with Crippen molar-refractivity contribution in [1.29, 1.82) is 0 Å². The van der Waals surface area contributed by atoms with Crippen LogP contribution in [0.5, 0.6) is 11.5 Å². The average Bonchev–Trinajstić information content (AvgIpc) is 2.62. The summed E-state index contributed by atoms with van der Waals surface area (Å²) < 4.78 is 11.1. The van der Waals surface area contributed by atoms with Gasteiger partial charge in [0.05, 0.1) is 0 Å². The number of carboxylic acids is 1. The van der Waals surface area contributed by atoms with Crippen LogP contribution >= 0.6 is 11.6 Å². The van der Waals surface area contributed by atoms with Gasteiger partial charge in [0, 0.05) is 11.6 Å². The average molecular weight is 420 g/mol. The van der Waals surface area contributed by atoms with Gasteiger partial charge in [-0.15, -0.1) is 0 Å². The zero-order valence-corrected chi connectivity index (χ0v) is 17.8. The Kier molecular flexibility index (Phi) is 7.51. The van der Waals surface area contributed by atoms with Crippen LogP contribution in [0.1, 0.15) is 30.5 Å². The van der Waals surface area contributed by atoms with Crippen LogP contribution in [-0.2, 0) is 16.0 Å². The summed E-state index contributed by atoms with van der Waals surface area (Å²) in [6.45, 7) is 7.15. The highest BCUT2D eigenvalue weighted by atomic mass is 35.5. The highest BCUT2D eigenvalue weighted by Gasteiger charge is 2.29.